The van der Waals surface area contributed by atoms with E-state index in [2.05, 4.69) is 5.32 Å². The zero-order valence-electron chi connectivity index (χ0n) is 12.2. The molecule has 1 atom stereocenters. The number of hydrogen-bond acceptors (Lipinski definition) is 3. The van der Waals surface area contributed by atoms with Gasteiger partial charge in [-0.2, -0.15) is 0 Å². The summed E-state index contributed by atoms with van der Waals surface area (Å²) in [5, 5.41) is 12.8. The quantitative estimate of drug-likeness (QED) is 0.888. The van der Waals surface area contributed by atoms with Crippen molar-refractivity contribution in [3.8, 4) is 5.75 Å². The molecule has 0 spiro atoms. The highest BCUT2D eigenvalue weighted by molar-refractivity contribution is 5.74. The molecule has 1 aromatic carbocycles. The summed E-state index contributed by atoms with van der Waals surface area (Å²) in [7, 11) is 1.68. The molecule has 5 heteroatoms. The van der Waals surface area contributed by atoms with Crippen molar-refractivity contribution < 1.29 is 14.6 Å². The SMILES string of the molecule is CN(CC(C)(C)O)C(=O)NC1CCOc2ccccc21. The molecular formula is C15H22N2O3. The summed E-state index contributed by atoms with van der Waals surface area (Å²) < 4.78 is 5.57. The van der Waals surface area contributed by atoms with Crippen LogP contribution in [-0.2, 0) is 0 Å². The third-order valence-corrected chi connectivity index (χ3v) is 3.23. The molecule has 0 fully saturated rings. The number of carbonyl (C=O) groups is 1. The Morgan fingerprint density at radius 3 is 2.90 bits per heavy atom. The molecule has 1 heterocycles. The number of hydrogen-bond donors (Lipinski definition) is 2. The van der Waals surface area contributed by atoms with Gasteiger partial charge in [0.15, 0.2) is 0 Å². The van der Waals surface area contributed by atoms with Crippen LogP contribution in [0.5, 0.6) is 5.75 Å². The van der Waals surface area contributed by atoms with Gasteiger partial charge in [0.05, 0.1) is 24.8 Å². The van der Waals surface area contributed by atoms with Gasteiger partial charge in [-0.15, -0.1) is 0 Å². The third-order valence-electron chi connectivity index (χ3n) is 3.23. The van der Waals surface area contributed by atoms with Crippen molar-refractivity contribution in [3.63, 3.8) is 0 Å². The minimum Gasteiger partial charge on any atom is -0.493 e. The molecule has 1 unspecified atom stereocenters. The number of ether oxygens (including phenoxy) is 1. The van der Waals surface area contributed by atoms with E-state index in [1.807, 2.05) is 24.3 Å². The highest BCUT2D eigenvalue weighted by Gasteiger charge is 2.25. The van der Waals surface area contributed by atoms with E-state index in [0.29, 0.717) is 6.61 Å². The molecular weight excluding hydrogens is 256 g/mol. The van der Waals surface area contributed by atoms with Crippen molar-refractivity contribution in [1.82, 2.24) is 10.2 Å². The molecule has 2 N–H and O–H groups in total. The van der Waals surface area contributed by atoms with E-state index < -0.39 is 5.60 Å². The topological polar surface area (TPSA) is 61.8 Å². The summed E-state index contributed by atoms with van der Waals surface area (Å²) in [5.41, 5.74) is 0.100. The number of urea groups is 1. The summed E-state index contributed by atoms with van der Waals surface area (Å²) >= 11 is 0. The average molecular weight is 278 g/mol. The second-order valence-corrected chi connectivity index (χ2v) is 5.85. The lowest BCUT2D eigenvalue weighted by Crippen LogP contribution is -2.46. The van der Waals surface area contributed by atoms with Crippen molar-refractivity contribution in [1.29, 1.82) is 0 Å². The van der Waals surface area contributed by atoms with Crippen LogP contribution < -0.4 is 10.1 Å². The average Bonchev–Trinajstić information content (AvgIpc) is 2.37. The largest absolute Gasteiger partial charge is 0.493 e. The Morgan fingerprint density at radius 1 is 1.50 bits per heavy atom. The number of likely N-dealkylation sites (N-methyl/N-ethyl adjacent to an activating group) is 1. The second kappa shape index (κ2) is 5.71. The molecule has 20 heavy (non-hydrogen) atoms. The molecule has 0 aromatic heterocycles. The summed E-state index contributed by atoms with van der Waals surface area (Å²) in [6, 6.07) is 7.51. The molecule has 0 saturated heterocycles. The molecule has 5 nitrogen and oxygen atoms in total. The number of amides is 2. The Hall–Kier alpha value is -1.75. The second-order valence-electron chi connectivity index (χ2n) is 5.85. The van der Waals surface area contributed by atoms with E-state index in [1.165, 1.54) is 4.90 Å². The number of carbonyl (C=O) groups excluding carboxylic acids is 1. The van der Waals surface area contributed by atoms with Gasteiger partial charge < -0.3 is 20.1 Å². The van der Waals surface area contributed by atoms with Crippen molar-refractivity contribution in [2.24, 2.45) is 0 Å². The standard InChI is InChI=1S/C15H22N2O3/c1-15(2,19)10-17(3)14(18)16-12-8-9-20-13-7-5-4-6-11(12)13/h4-7,12,19H,8-10H2,1-3H3,(H,16,18). The molecule has 0 bridgehead atoms. The van der Waals surface area contributed by atoms with Crippen LogP contribution in [0.3, 0.4) is 0 Å². The van der Waals surface area contributed by atoms with Gasteiger partial charge in [-0.25, -0.2) is 4.79 Å². The molecule has 1 aliphatic heterocycles. The fourth-order valence-corrected chi connectivity index (χ4v) is 2.40. The molecule has 110 valence electrons. The summed E-state index contributed by atoms with van der Waals surface area (Å²) in [5.74, 6) is 0.828. The summed E-state index contributed by atoms with van der Waals surface area (Å²) in [6.07, 6.45) is 0.749. The van der Waals surface area contributed by atoms with Crippen molar-refractivity contribution in [2.75, 3.05) is 20.2 Å². The van der Waals surface area contributed by atoms with E-state index in [1.54, 1.807) is 20.9 Å². The number of rotatable bonds is 3. The number of nitrogens with one attached hydrogen (secondary N) is 1. The smallest absolute Gasteiger partial charge is 0.317 e. The van der Waals surface area contributed by atoms with E-state index in [9.17, 15) is 9.90 Å². The maximum absolute atomic E-state index is 12.2. The first kappa shape index (κ1) is 14.7. The van der Waals surface area contributed by atoms with Gasteiger partial charge in [-0.05, 0) is 19.9 Å². The van der Waals surface area contributed by atoms with Crippen LogP contribution in [0.15, 0.2) is 24.3 Å². The fourth-order valence-electron chi connectivity index (χ4n) is 2.40. The van der Waals surface area contributed by atoms with Crippen LogP contribution in [0, 0.1) is 0 Å². The van der Waals surface area contributed by atoms with Crippen LogP contribution in [0.2, 0.25) is 0 Å². The van der Waals surface area contributed by atoms with E-state index in [0.717, 1.165) is 17.7 Å². The molecule has 2 amide bonds. The fraction of sp³-hybridized carbons (Fsp3) is 0.533. The predicted octanol–water partition coefficient (Wildman–Crippen LogP) is 1.92. The molecule has 0 radical (unpaired) electrons. The first-order chi connectivity index (χ1) is 9.37. The zero-order chi connectivity index (χ0) is 14.8. The van der Waals surface area contributed by atoms with Crippen molar-refractivity contribution in [2.45, 2.75) is 31.9 Å². The number of para-hydroxylation sites is 1. The Morgan fingerprint density at radius 2 is 2.20 bits per heavy atom. The first-order valence-corrected chi connectivity index (χ1v) is 6.82. The number of nitrogens with zero attached hydrogens (tertiary/aromatic N) is 1. The third kappa shape index (κ3) is 3.63. The molecule has 2 rings (SSSR count). The Kier molecular flexibility index (Phi) is 4.18. The van der Waals surface area contributed by atoms with Crippen molar-refractivity contribution in [3.05, 3.63) is 29.8 Å². The molecule has 1 aliphatic rings. The first-order valence-electron chi connectivity index (χ1n) is 6.82. The lowest BCUT2D eigenvalue weighted by atomic mass is 10.0. The van der Waals surface area contributed by atoms with E-state index >= 15 is 0 Å². The summed E-state index contributed by atoms with van der Waals surface area (Å²) in [4.78, 5) is 13.7. The van der Waals surface area contributed by atoms with Gasteiger partial charge in [-0.3, -0.25) is 0 Å². The van der Waals surface area contributed by atoms with Crippen LogP contribution in [-0.4, -0.2) is 41.8 Å². The van der Waals surface area contributed by atoms with Gasteiger partial charge in [0, 0.05) is 19.0 Å². The van der Waals surface area contributed by atoms with Crippen LogP contribution in [0.1, 0.15) is 31.9 Å². The van der Waals surface area contributed by atoms with Gasteiger partial charge in [0.1, 0.15) is 5.75 Å². The van der Waals surface area contributed by atoms with Crippen molar-refractivity contribution >= 4 is 6.03 Å². The van der Waals surface area contributed by atoms with Gasteiger partial charge >= 0.3 is 6.03 Å². The minimum atomic E-state index is -0.903. The lowest BCUT2D eigenvalue weighted by Gasteiger charge is -2.30. The Balaban J connectivity index is 2.02. The zero-order valence-corrected chi connectivity index (χ0v) is 12.2. The molecule has 0 aliphatic carbocycles. The lowest BCUT2D eigenvalue weighted by molar-refractivity contribution is 0.0525. The highest BCUT2D eigenvalue weighted by atomic mass is 16.5. The number of fused-ring (bicyclic) bond motifs is 1. The van der Waals surface area contributed by atoms with Gasteiger partial charge in [-0.1, -0.05) is 18.2 Å². The predicted molar refractivity (Wildman–Crippen MR) is 76.8 cm³/mol. The summed E-state index contributed by atoms with van der Waals surface area (Å²) in [6.45, 7) is 4.24. The minimum absolute atomic E-state index is 0.0447. The maximum Gasteiger partial charge on any atom is 0.317 e. The number of benzene rings is 1. The van der Waals surface area contributed by atoms with Crippen LogP contribution in [0.4, 0.5) is 4.79 Å². The van der Waals surface area contributed by atoms with Crippen LogP contribution in [0.25, 0.3) is 0 Å². The van der Waals surface area contributed by atoms with Crippen LogP contribution >= 0.6 is 0 Å². The molecule has 0 saturated carbocycles. The highest BCUT2D eigenvalue weighted by Crippen LogP contribution is 2.31. The van der Waals surface area contributed by atoms with Gasteiger partial charge in [0.2, 0.25) is 0 Å². The Labute approximate surface area is 119 Å². The maximum atomic E-state index is 12.2. The monoisotopic (exact) mass is 278 g/mol. The van der Waals surface area contributed by atoms with E-state index in [-0.39, 0.29) is 18.6 Å². The van der Waals surface area contributed by atoms with Gasteiger partial charge in [0.25, 0.3) is 0 Å². The van der Waals surface area contributed by atoms with E-state index in [4.69, 9.17) is 4.74 Å². The normalized spacial score (nSPS) is 17.9. The number of aliphatic hydroxyl groups is 1. The Bertz CT molecular complexity index is 482. The molecule has 1 aromatic rings.